The Bertz CT molecular complexity index is 347. The Morgan fingerprint density at radius 2 is 2.20 bits per heavy atom. The summed E-state index contributed by atoms with van der Waals surface area (Å²) in [6, 6.07) is 5.01. The Morgan fingerprint density at radius 1 is 1.47 bits per heavy atom. The van der Waals surface area contributed by atoms with E-state index in [2.05, 4.69) is 5.43 Å². The van der Waals surface area contributed by atoms with E-state index in [1.54, 1.807) is 6.07 Å². The number of nitrogens with one attached hydrogen (secondary N) is 1. The van der Waals surface area contributed by atoms with Gasteiger partial charge in [-0.05, 0) is 48.9 Å². The van der Waals surface area contributed by atoms with Crippen LogP contribution < -0.4 is 11.3 Å². The summed E-state index contributed by atoms with van der Waals surface area (Å²) < 4.78 is 13.2. The van der Waals surface area contributed by atoms with Crippen LogP contribution in [0.15, 0.2) is 18.2 Å². The average Bonchev–Trinajstić information content (AvgIpc) is 2.15. The first-order valence-electron chi connectivity index (χ1n) is 5.44. The van der Waals surface area contributed by atoms with Crippen molar-refractivity contribution in [2.75, 3.05) is 0 Å². The molecule has 0 saturated heterocycles. The van der Waals surface area contributed by atoms with Crippen LogP contribution >= 0.6 is 0 Å². The Morgan fingerprint density at radius 3 is 2.73 bits per heavy atom. The highest BCUT2D eigenvalue weighted by Crippen LogP contribution is 2.38. The van der Waals surface area contributed by atoms with Crippen molar-refractivity contribution in [1.82, 2.24) is 5.43 Å². The predicted octanol–water partition coefficient (Wildman–Crippen LogP) is 2.44. The van der Waals surface area contributed by atoms with E-state index < -0.39 is 0 Å². The van der Waals surface area contributed by atoms with Gasteiger partial charge >= 0.3 is 0 Å². The van der Waals surface area contributed by atoms with Gasteiger partial charge in [0.1, 0.15) is 5.82 Å². The molecule has 1 fully saturated rings. The van der Waals surface area contributed by atoms with Crippen molar-refractivity contribution < 1.29 is 4.39 Å². The van der Waals surface area contributed by atoms with Gasteiger partial charge < -0.3 is 0 Å². The second-order valence-corrected chi connectivity index (χ2v) is 4.34. The third-order valence-corrected chi connectivity index (χ3v) is 3.38. The fraction of sp³-hybridized carbons (Fsp3) is 0.500. The minimum absolute atomic E-state index is 0.106. The third kappa shape index (κ3) is 2.03. The molecule has 2 nitrogen and oxygen atoms in total. The van der Waals surface area contributed by atoms with Crippen molar-refractivity contribution in [3.8, 4) is 0 Å². The van der Waals surface area contributed by atoms with E-state index in [4.69, 9.17) is 5.84 Å². The van der Waals surface area contributed by atoms with Crippen LogP contribution in [0.5, 0.6) is 0 Å². The van der Waals surface area contributed by atoms with Crippen molar-refractivity contribution >= 4 is 0 Å². The first-order chi connectivity index (χ1) is 7.22. The molecular formula is C12H17FN2. The maximum Gasteiger partial charge on any atom is 0.123 e. The summed E-state index contributed by atoms with van der Waals surface area (Å²) in [6.45, 7) is 2.00. The van der Waals surface area contributed by atoms with Gasteiger partial charge in [0.15, 0.2) is 0 Å². The molecule has 3 heteroatoms. The Hall–Kier alpha value is -0.930. The van der Waals surface area contributed by atoms with Gasteiger partial charge in [0.2, 0.25) is 0 Å². The maximum atomic E-state index is 13.2. The van der Waals surface area contributed by atoms with E-state index >= 15 is 0 Å². The molecule has 0 aromatic heterocycles. The van der Waals surface area contributed by atoms with Crippen molar-refractivity contribution in [3.05, 3.63) is 35.1 Å². The van der Waals surface area contributed by atoms with Gasteiger partial charge in [0, 0.05) is 6.04 Å². The highest BCUT2D eigenvalue weighted by molar-refractivity contribution is 5.30. The molecule has 1 aliphatic rings. The largest absolute Gasteiger partial charge is 0.271 e. The number of hydrazine groups is 1. The van der Waals surface area contributed by atoms with Gasteiger partial charge in [-0.15, -0.1) is 0 Å². The molecule has 82 valence electrons. The standard InChI is InChI=1S/C12H17FN2/c1-8-5-6-10(13)7-11(8)12(15-14)9-3-2-4-9/h5-7,9,12,15H,2-4,14H2,1H3. The molecule has 0 aliphatic heterocycles. The summed E-state index contributed by atoms with van der Waals surface area (Å²) >= 11 is 0. The zero-order valence-corrected chi connectivity index (χ0v) is 8.96. The summed E-state index contributed by atoms with van der Waals surface area (Å²) in [7, 11) is 0. The lowest BCUT2D eigenvalue weighted by Crippen LogP contribution is -2.36. The number of hydrogen-bond donors (Lipinski definition) is 2. The van der Waals surface area contributed by atoms with Crippen LogP contribution in [0.3, 0.4) is 0 Å². The Labute approximate surface area is 89.6 Å². The van der Waals surface area contributed by atoms with Gasteiger partial charge in [0.05, 0.1) is 0 Å². The van der Waals surface area contributed by atoms with E-state index in [0.29, 0.717) is 5.92 Å². The van der Waals surface area contributed by atoms with Crippen LogP contribution in [-0.2, 0) is 0 Å². The van der Waals surface area contributed by atoms with Crippen LogP contribution in [0.2, 0.25) is 0 Å². The molecule has 0 amide bonds. The smallest absolute Gasteiger partial charge is 0.123 e. The average molecular weight is 208 g/mol. The molecule has 0 radical (unpaired) electrons. The van der Waals surface area contributed by atoms with Gasteiger partial charge in [-0.3, -0.25) is 11.3 Å². The second kappa shape index (κ2) is 4.29. The molecule has 0 spiro atoms. The van der Waals surface area contributed by atoms with Crippen LogP contribution in [-0.4, -0.2) is 0 Å². The van der Waals surface area contributed by atoms with Crippen LogP contribution in [0.4, 0.5) is 4.39 Å². The number of rotatable bonds is 3. The van der Waals surface area contributed by atoms with Gasteiger partial charge in [0.25, 0.3) is 0 Å². The molecule has 1 saturated carbocycles. The molecule has 1 aromatic rings. The van der Waals surface area contributed by atoms with Crippen LogP contribution in [0.25, 0.3) is 0 Å². The van der Waals surface area contributed by atoms with E-state index in [-0.39, 0.29) is 11.9 Å². The van der Waals surface area contributed by atoms with Crippen molar-refractivity contribution in [2.24, 2.45) is 11.8 Å². The van der Waals surface area contributed by atoms with E-state index in [9.17, 15) is 4.39 Å². The molecule has 3 N–H and O–H groups in total. The monoisotopic (exact) mass is 208 g/mol. The van der Waals surface area contributed by atoms with Crippen LogP contribution in [0, 0.1) is 18.7 Å². The van der Waals surface area contributed by atoms with Crippen molar-refractivity contribution in [2.45, 2.75) is 32.2 Å². The number of benzene rings is 1. The zero-order chi connectivity index (χ0) is 10.8. The number of aryl methyl sites for hydroxylation is 1. The molecule has 0 bridgehead atoms. The first-order valence-corrected chi connectivity index (χ1v) is 5.44. The molecule has 1 atom stereocenters. The summed E-state index contributed by atoms with van der Waals surface area (Å²) in [4.78, 5) is 0. The lowest BCUT2D eigenvalue weighted by Gasteiger charge is -2.34. The summed E-state index contributed by atoms with van der Waals surface area (Å²) in [5, 5.41) is 0. The van der Waals surface area contributed by atoms with E-state index in [0.717, 1.165) is 11.1 Å². The Balaban J connectivity index is 2.28. The highest BCUT2D eigenvalue weighted by atomic mass is 19.1. The molecule has 15 heavy (non-hydrogen) atoms. The maximum absolute atomic E-state index is 13.2. The third-order valence-electron chi connectivity index (χ3n) is 3.38. The second-order valence-electron chi connectivity index (χ2n) is 4.34. The minimum atomic E-state index is -0.185. The SMILES string of the molecule is Cc1ccc(F)cc1C(NN)C1CCC1. The van der Waals surface area contributed by atoms with Gasteiger partial charge in [-0.2, -0.15) is 0 Å². The van der Waals surface area contributed by atoms with Crippen LogP contribution in [0.1, 0.15) is 36.4 Å². The van der Waals surface area contributed by atoms with Gasteiger partial charge in [-0.25, -0.2) is 4.39 Å². The van der Waals surface area contributed by atoms with Crippen molar-refractivity contribution in [1.29, 1.82) is 0 Å². The first kappa shape index (κ1) is 10.6. The van der Waals surface area contributed by atoms with Crippen molar-refractivity contribution in [3.63, 3.8) is 0 Å². The predicted molar refractivity (Wildman–Crippen MR) is 58.5 cm³/mol. The summed E-state index contributed by atoms with van der Waals surface area (Å²) in [5.74, 6) is 5.94. The summed E-state index contributed by atoms with van der Waals surface area (Å²) in [5.41, 5.74) is 4.93. The quantitative estimate of drug-likeness (QED) is 0.591. The number of hydrogen-bond acceptors (Lipinski definition) is 2. The highest BCUT2D eigenvalue weighted by Gasteiger charge is 2.28. The van der Waals surface area contributed by atoms with E-state index in [1.165, 1.54) is 25.3 Å². The lowest BCUT2D eigenvalue weighted by molar-refractivity contribution is 0.231. The molecule has 0 heterocycles. The zero-order valence-electron chi connectivity index (χ0n) is 8.96. The molecular weight excluding hydrogens is 191 g/mol. The topological polar surface area (TPSA) is 38.0 Å². The normalized spacial score (nSPS) is 18.6. The molecule has 1 aromatic carbocycles. The van der Waals surface area contributed by atoms with Gasteiger partial charge in [-0.1, -0.05) is 12.5 Å². The fourth-order valence-corrected chi connectivity index (χ4v) is 2.20. The lowest BCUT2D eigenvalue weighted by atomic mass is 9.76. The fourth-order valence-electron chi connectivity index (χ4n) is 2.20. The molecule has 2 rings (SSSR count). The molecule has 1 unspecified atom stereocenters. The number of halogens is 1. The summed E-state index contributed by atoms with van der Waals surface area (Å²) in [6.07, 6.45) is 3.63. The Kier molecular flexibility index (Phi) is 3.03. The molecule has 1 aliphatic carbocycles. The van der Waals surface area contributed by atoms with E-state index in [1.807, 2.05) is 13.0 Å². The minimum Gasteiger partial charge on any atom is -0.271 e. The number of nitrogens with two attached hydrogens (primary N) is 1.